The number of aliphatic hydroxyl groups excluding tert-OH is 2. The summed E-state index contributed by atoms with van der Waals surface area (Å²) in [6.07, 6.45) is 6.93. The second-order valence-electron chi connectivity index (χ2n) is 9.86. The molecule has 4 rings (SSSR count). The molecule has 25 heavy (non-hydrogen) atoms. The highest BCUT2D eigenvalue weighted by molar-refractivity contribution is 5.88. The third kappa shape index (κ3) is 2.39. The first-order valence-electron chi connectivity index (χ1n) is 10.2. The lowest BCUT2D eigenvalue weighted by Crippen LogP contribution is -2.58. The van der Waals surface area contributed by atoms with Crippen LogP contribution in [0.5, 0.6) is 0 Å². The zero-order chi connectivity index (χ0) is 18.0. The standard InChI is InChI=1S/C21H32O4/c1-20-8-7-13(23)9-12(20)3-4-14-15-5-6-16(18(25)11-22)21(15,2)10-17(24)19(14)20/h12-16,19,22-23H,3-11H2,1-2H3. The Hall–Kier alpha value is -0.740. The molecule has 4 aliphatic carbocycles. The van der Waals surface area contributed by atoms with Gasteiger partial charge in [0.15, 0.2) is 5.78 Å². The minimum absolute atomic E-state index is 0.0274. The number of fused-ring (bicyclic) bond motifs is 5. The van der Waals surface area contributed by atoms with E-state index in [2.05, 4.69) is 13.8 Å². The Morgan fingerprint density at radius 2 is 1.88 bits per heavy atom. The smallest absolute Gasteiger partial charge is 0.161 e. The summed E-state index contributed by atoms with van der Waals surface area (Å²) in [5, 5.41) is 19.5. The van der Waals surface area contributed by atoms with E-state index in [-0.39, 0.29) is 34.6 Å². The predicted octanol–water partition coefficient (Wildman–Crippen LogP) is 2.75. The van der Waals surface area contributed by atoms with Gasteiger partial charge < -0.3 is 10.2 Å². The highest BCUT2D eigenvalue weighted by atomic mass is 16.3. The van der Waals surface area contributed by atoms with Gasteiger partial charge in [-0.15, -0.1) is 0 Å². The first-order chi connectivity index (χ1) is 11.8. The van der Waals surface area contributed by atoms with Crippen molar-refractivity contribution in [2.24, 2.45) is 40.4 Å². The number of hydrogen-bond donors (Lipinski definition) is 2. The lowest BCUT2D eigenvalue weighted by atomic mass is 9.44. The molecule has 8 unspecified atom stereocenters. The van der Waals surface area contributed by atoms with Gasteiger partial charge in [0.2, 0.25) is 0 Å². The Morgan fingerprint density at radius 3 is 2.60 bits per heavy atom. The van der Waals surface area contributed by atoms with Crippen LogP contribution in [0.15, 0.2) is 0 Å². The van der Waals surface area contributed by atoms with E-state index in [1.807, 2.05) is 0 Å². The van der Waals surface area contributed by atoms with E-state index in [1.54, 1.807) is 0 Å². The molecule has 4 heteroatoms. The van der Waals surface area contributed by atoms with Gasteiger partial charge in [0.1, 0.15) is 12.4 Å². The molecule has 8 atom stereocenters. The van der Waals surface area contributed by atoms with Gasteiger partial charge in [-0.25, -0.2) is 0 Å². The van der Waals surface area contributed by atoms with Crippen molar-refractivity contribution in [3.05, 3.63) is 0 Å². The SMILES string of the molecule is CC12CC(=O)C3C(CCC4CC(O)CCC43C)C1CCC2C(=O)CO. The van der Waals surface area contributed by atoms with Crippen LogP contribution in [0.25, 0.3) is 0 Å². The second-order valence-corrected chi connectivity index (χ2v) is 9.86. The molecule has 0 aliphatic heterocycles. The van der Waals surface area contributed by atoms with Gasteiger partial charge in [-0.2, -0.15) is 0 Å². The molecule has 0 radical (unpaired) electrons. The zero-order valence-electron chi connectivity index (χ0n) is 15.5. The second kappa shape index (κ2) is 5.88. The number of carbonyl (C=O) groups is 2. The molecule has 0 aromatic carbocycles. The summed E-state index contributed by atoms with van der Waals surface area (Å²) in [5.74, 6) is 1.52. The van der Waals surface area contributed by atoms with Crippen molar-refractivity contribution in [3.8, 4) is 0 Å². The normalized spacial score (nSPS) is 52.2. The Bertz CT molecular complexity index is 586. The summed E-state index contributed by atoms with van der Waals surface area (Å²) in [7, 11) is 0. The molecule has 140 valence electrons. The third-order valence-corrected chi connectivity index (χ3v) is 8.87. The van der Waals surface area contributed by atoms with Crippen molar-refractivity contribution in [3.63, 3.8) is 0 Å². The maximum absolute atomic E-state index is 13.3. The number of hydrogen-bond acceptors (Lipinski definition) is 4. The van der Waals surface area contributed by atoms with Crippen molar-refractivity contribution in [1.29, 1.82) is 0 Å². The molecular weight excluding hydrogens is 316 g/mol. The number of carbonyl (C=O) groups excluding carboxylic acids is 2. The van der Waals surface area contributed by atoms with Gasteiger partial charge in [-0.05, 0) is 73.5 Å². The fourth-order valence-corrected chi connectivity index (χ4v) is 7.69. The van der Waals surface area contributed by atoms with Crippen LogP contribution >= 0.6 is 0 Å². The molecule has 0 aromatic heterocycles. The van der Waals surface area contributed by atoms with Gasteiger partial charge in [-0.3, -0.25) is 9.59 Å². The Balaban J connectivity index is 1.66. The number of ketones is 2. The highest BCUT2D eigenvalue weighted by Gasteiger charge is 2.63. The molecule has 4 aliphatic rings. The van der Waals surface area contributed by atoms with Crippen molar-refractivity contribution in [2.45, 2.75) is 71.3 Å². The number of Topliss-reactive ketones (excluding diaryl/α,β-unsaturated/α-hetero) is 2. The van der Waals surface area contributed by atoms with E-state index in [0.29, 0.717) is 30.0 Å². The quantitative estimate of drug-likeness (QED) is 0.805. The maximum atomic E-state index is 13.3. The number of rotatable bonds is 2. The lowest BCUT2D eigenvalue weighted by molar-refractivity contribution is -0.162. The first kappa shape index (κ1) is 17.7. The van der Waals surface area contributed by atoms with Crippen molar-refractivity contribution < 1.29 is 19.8 Å². The van der Waals surface area contributed by atoms with Crippen molar-refractivity contribution >= 4 is 11.6 Å². The summed E-state index contributed by atoms with van der Waals surface area (Å²) in [6, 6.07) is 0. The van der Waals surface area contributed by atoms with E-state index in [0.717, 1.165) is 44.9 Å². The Morgan fingerprint density at radius 1 is 1.12 bits per heavy atom. The molecule has 0 aromatic rings. The highest BCUT2D eigenvalue weighted by Crippen LogP contribution is 2.66. The van der Waals surface area contributed by atoms with Crippen LogP contribution in [0.3, 0.4) is 0 Å². The van der Waals surface area contributed by atoms with Crippen LogP contribution in [-0.2, 0) is 9.59 Å². The molecule has 2 N–H and O–H groups in total. The Kier molecular flexibility index (Phi) is 4.16. The van der Waals surface area contributed by atoms with Crippen LogP contribution in [0.1, 0.15) is 65.2 Å². The van der Waals surface area contributed by atoms with Crippen LogP contribution in [0.4, 0.5) is 0 Å². The van der Waals surface area contributed by atoms with Gasteiger partial charge in [-0.1, -0.05) is 13.8 Å². The first-order valence-corrected chi connectivity index (χ1v) is 10.2. The van der Waals surface area contributed by atoms with E-state index < -0.39 is 6.61 Å². The van der Waals surface area contributed by atoms with E-state index in [9.17, 15) is 19.8 Å². The van der Waals surface area contributed by atoms with Gasteiger partial charge >= 0.3 is 0 Å². The maximum Gasteiger partial charge on any atom is 0.161 e. The van der Waals surface area contributed by atoms with Crippen LogP contribution in [0.2, 0.25) is 0 Å². The topological polar surface area (TPSA) is 74.6 Å². The molecule has 0 spiro atoms. The molecule has 0 bridgehead atoms. The van der Waals surface area contributed by atoms with Crippen molar-refractivity contribution in [1.82, 2.24) is 0 Å². The molecule has 0 heterocycles. The molecule has 0 amide bonds. The van der Waals surface area contributed by atoms with Gasteiger partial charge in [0.25, 0.3) is 0 Å². The van der Waals surface area contributed by atoms with E-state index >= 15 is 0 Å². The molecule has 4 nitrogen and oxygen atoms in total. The summed E-state index contributed by atoms with van der Waals surface area (Å²) in [4.78, 5) is 25.6. The largest absolute Gasteiger partial charge is 0.393 e. The minimum atomic E-state index is -0.396. The summed E-state index contributed by atoms with van der Waals surface area (Å²) in [6.45, 7) is 4.04. The fourth-order valence-electron chi connectivity index (χ4n) is 7.69. The molecule has 4 saturated carbocycles. The van der Waals surface area contributed by atoms with E-state index in [4.69, 9.17) is 0 Å². The van der Waals surface area contributed by atoms with Gasteiger partial charge in [0.05, 0.1) is 6.10 Å². The third-order valence-electron chi connectivity index (χ3n) is 8.87. The summed E-state index contributed by atoms with van der Waals surface area (Å²) >= 11 is 0. The van der Waals surface area contributed by atoms with Crippen LogP contribution in [0, 0.1) is 40.4 Å². The summed E-state index contributed by atoms with van der Waals surface area (Å²) in [5.41, 5.74) is -0.227. The van der Waals surface area contributed by atoms with Crippen LogP contribution < -0.4 is 0 Å². The summed E-state index contributed by atoms with van der Waals surface area (Å²) < 4.78 is 0. The van der Waals surface area contributed by atoms with Crippen molar-refractivity contribution in [2.75, 3.05) is 6.61 Å². The molecule has 4 fully saturated rings. The van der Waals surface area contributed by atoms with Gasteiger partial charge in [0, 0.05) is 18.3 Å². The average Bonchev–Trinajstić information content (AvgIpc) is 2.91. The van der Waals surface area contributed by atoms with E-state index in [1.165, 1.54) is 0 Å². The monoisotopic (exact) mass is 348 g/mol. The fraction of sp³-hybridized carbons (Fsp3) is 0.905. The van der Waals surface area contributed by atoms with Crippen LogP contribution in [-0.4, -0.2) is 34.5 Å². The Labute approximate surface area is 150 Å². The predicted molar refractivity (Wildman–Crippen MR) is 93.7 cm³/mol. The zero-order valence-corrected chi connectivity index (χ0v) is 15.5. The lowest BCUT2D eigenvalue weighted by Gasteiger charge is -2.59. The molecule has 0 saturated heterocycles. The minimum Gasteiger partial charge on any atom is -0.393 e. The average molecular weight is 348 g/mol. The number of aliphatic hydroxyl groups is 2. The molecular formula is C21H32O4.